The maximum absolute atomic E-state index is 12.9. The first kappa shape index (κ1) is 20.3. The van der Waals surface area contributed by atoms with E-state index in [4.69, 9.17) is 0 Å². The molecule has 3 rings (SSSR count). The second-order valence-electron chi connectivity index (χ2n) is 6.32. The Kier molecular flexibility index (Phi) is 6.09. The third-order valence-electron chi connectivity index (χ3n) is 4.12. The van der Waals surface area contributed by atoms with Gasteiger partial charge in [-0.3, -0.25) is 9.52 Å². The molecule has 2 N–H and O–H groups in total. The summed E-state index contributed by atoms with van der Waals surface area (Å²) in [6.07, 6.45) is 2.87. The van der Waals surface area contributed by atoms with Crippen molar-refractivity contribution in [2.45, 2.75) is 11.8 Å². The molecule has 0 saturated carbocycles. The summed E-state index contributed by atoms with van der Waals surface area (Å²) >= 11 is 0. The lowest BCUT2D eigenvalue weighted by atomic mass is 10.2. The summed E-state index contributed by atoms with van der Waals surface area (Å²) in [5, 5.41) is 2.65. The Balaban J connectivity index is 1.65. The highest BCUT2D eigenvalue weighted by molar-refractivity contribution is 7.92. The highest BCUT2D eigenvalue weighted by Gasteiger charge is 2.15. The number of hydrogen-bond acceptors (Lipinski definition) is 3. The van der Waals surface area contributed by atoms with Crippen molar-refractivity contribution in [3.63, 3.8) is 0 Å². The fraction of sp³-hybridized carbons (Fsp3) is 0.0455. The average molecular weight is 410 g/mol. The van der Waals surface area contributed by atoms with E-state index in [1.807, 2.05) is 19.1 Å². The third kappa shape index (κ3) is 5.52. The monoisotopic (exact) mass is 410 g/mol. The van der Waals surface area contributed by atoms with Crippen LogP contribution in [-0.2, 0) is 14.8 Å². The number of anilines is 2. The summed E-state index contributed by atoms with van der Waals surface area (Å²) in [4.78, 5) is 12.1. The number of halogens is 1. The number of amides is 1. The Hall–Kier alpha value is -3.45. The summed E-state index contributed by atoms with van der Waals surface area (Å²) < 4.78 is 40.5. The van der Waals surface area contributed by atoms with Gasteiger partial charge in [0.2, 0.25) is 5.91 Å². The molecular weight excluding hydrogens is 391 g/mol. The summed E-state index contributed by atoms with van der Waals surface area (Å²) in [5.74, 6) is -0.735. The largest absolute Gasteiger partial charge is 0.323 e. The van der Waals surface area contributed by atoms with Gasteiger partial charge in [0, 0.05) is 11.8 Å². The van der Waals surface area contributed by atoms with Crippen LogP contribution in [0, 0.1) is 12.7 Å². The smallest absolute Gasteiger partial charge is 0.261 e. The molecule has 5 nitrogen and oxygen atoms in total. The SMILES string of the molecule is Cc1ccccc1NS(=O)(=O)c1ccc(NC(=O)/C=C/c2ccc(F)cc2)cc1. The average Bonchev–Trinajstić information content (AvgIpc) is 2.70. The number of hydrogen-bond donors (Lipinski definition) is 2. The molecule has 148 valence electrons. The minimum Gasteiger partial charge on any atom is -0.323 e. The maximum Gasteiger partial charge on any atom is 0.261 e. The molecule has 1 amide bonds. The summed E-state index contributed by atoms with van der Waals surface area (Å²) in [6.45, 7) is 1.82. The standard InChI is InChI=1S/C22H19FN2O3S/c1-16-4-2-3-5-21(16)25-29(27,28)20-13-11-19(12-14-20)24-22(26)15-8-17-6-9-18(23)10-7-17/h2-15,25H,1H3,(H,24,26)/b15-8+. The molecule has 7 heteroatoms. The fourth-order valence-electron chi connectivity index (χ4n) is 2.54. The van der Waals surface area contributed by atoms with Gasteiger partial charge in [0.05, 0.1) is 10.6 Å². The molecular formula is C22H19FN2O3S. The zero-order chi connectivity index (χ0) is 20.9. The van der Waals surface area contributed by atoms with Gasteiger partial charge in [-0.15, -0.1) is 0 Å². The minimum absolute atomic E-state index is 0.0839. The van der Waals surface area contributed by atoms with Crippen LogP contribution in [0.3, 0.4) is 0 Å². The van der Waals surface area contributed by atoms with Crippen molar-refractivity contribution in [2.24, 2.45) is 0 Å². The molecule has 0 radical (unpaired) electrons. The normalized spacial score (nSPS) is 11.4. The summed E-state index contributed by atoms with van der Waals surface area (Å²) in [6, 6.07) is 18.7. The molecule has 0 aliphatic carbocycles. The topological polar surface area (TPSA) is 75.3 Å². The first-order valence-corrected chi connectivity index (χ1v) is 10.2. The molecule has 3 aromatic carbocycles. The number of benzene rings is 3. The molecule has 0 aliphatic heterocycles. The fourth-order valence-corrected chi connectivity index (χ4v) is 3.67. The van der Waals surface area contributed by atoms with Crippen molar-refractivity contribution >= 4 is 33.4 Å². The van der Waals surface area contributed by atoms with Gasteiger partial charge in [-0.2, -0.15) is 0 Å². The van der Waals surface area contributed by atoms with Crippen molar-refractivity contribution in [3.8, 4) is 0 Å². The van der Waals surface area contributed by atoms with E-state index in [2.05, 4.69) is 10.0 Å². The van der Waals surface area contributed by atoms with E-state index in [0.717, 1.165) is 5.56 Å². The van der Waals surface area contributed by atoms with E-state index < -0.39 is 10.0 Å². The Labute approximate surface area is 169 Å². The van der Waals surface area contributed by atoms with Crippen LogP contribution in [0.25, 0.3) is 6.08 Å². The van der Waals surface area contributed by atoms with Crippen LogP contribution in [0.15, 0.2) is 83.8 Å². The minimum atomic E-state index is -3.74. The van der Waals surface area contributed by atoms with Crippen molar-refractivity contribution in [1.82, 2.24) is 0 Å². The highest BCUT2D eigenvalue weighted by Crippen LogP contribution is 2.20. The first-order valence-electron chi connectivity index (χ1n) is 8.77. The van der Waals surface area contributed by atoms with Crippen LogP contribution in [0.1, 0.15) is 11.1 Å². The molecule has 0 saturated heterocycles. The molecule has 0 unspecified atom stereocenters. The van der Waals surface area contributed by atoms with Gasteiger partial charge in [0.15, 0.2) is 0 Å². The number of nitrogens with one attached hydrogen (secondary N) is 2. The molecule has 0 bridgehead atoms. The molecule has 29 heavy (non-hydrogen) atoms. The second-order valence-corrected chi connectivity index (χ2v) is 8.00. The van der Waals surface area contributed by atoms with Gasteiger partial charge < -0.3 is 5.32 Å². The van der Waals surface area contributed by atoms with E-state index in [1.54, 1.807) is 30.3 Å². The van der Waals surface area contributed by atoms with Crippen molar-refractivity contribution in [3.05, 3.63) is 95.8 Å². The van der Waals surface area contributed by atoms with E-state index >= 15 is 0 Å². The maximum atomic E-state index is 12.9. The van der Waals surface area contributed by atoms with Crippen LogP contribution in [0.2, 0.25) is 0 Å². The van der Waals surface area contributed by atoms with Crippen LogP contribution >= 0.6 is 0 Å². The first-order chi connectivity index (χ1) is 13.8. The Morgan fingerprint density at radius 1 is 0.931 bits per heavy atom. The number of para-hydroxylation sites is 1. The van der Waals surface area contributed by atoms with Gasteiger partial charge in [-0.05, 0) is 66.6 Å². The van der Waals surface area contributed by atoms with Crippen LogP contribution < -0.4 is 10.0 Å². The third-order valence-corrected chi connectivity index (χ3v) is 5.50. The van der Waals surface area contributed by atoms with Gasteiger partial charge in [0.25, 0.3) is 10.0 Å². The number of rotatable bonds is 6. The molecule has 0 spiro atoms. The number of carbonyl (C=O) groups excluding carboxylic acids is 1. The lowest BCUT2D eigenvalue weighted by molar-refractivity contribution is -0.111. The Morgan fingerprint density at radius 3 is 2.24 bits per heavy atom. The number of aryl methyl sites for hydroxylation is 1. The van der Waals surface area contributed by atoms with E-state index in [0.29, 0.717) is 16.9 Å². The molecule has 0 fully saturated rings. The van der Waals surface area contributed by atoms with Gasteiger partial charge in [-0.25, -0.2) is 12.8 Å². The molecule has 0 atom stereocenters. The van der Waals surface area contributed by atoms with E-state index in [9.17, 15) is 17.6 Å². The van der Waals surface area contributed by atoms with Crippen LogP contribution in [0.4, 0.5) is 15.8 Å². The Bertz CT molecular complexity index is 1140. The van der Waals surface area contributed by atoms with E-state index in [-0.39, 0.29) is 16.6 Å². The van der Waals surface area contributed by atoms with Crippen molar-refractivity contribution in [1.29, 1.82) is 0 Å². The number of carbonyl (C=O) groups is 1. The molecule has 0 aromatic heterocycles. The molecule has 3 aromatic rings. The van der Waals surface area contributed by atoms with Crippen molar-refractivity contribution in [2.75, 3.05) is 10.0 Å². The molecule has 0 aliphatic rings. The van der Waals surface area contributed by atoms with Gasteiger partial charge in [-0.1, -0.05) is 30.3 Å². The zero-order valence-electron chi connectivity index (χ0n) is 15.6. The van der Waals surface area contributed by atoms with Gasteiger partial charge in [0.1, 0.15) is 5.82 Å². The van der Waals surface area contributed by atoms with Gasteiger partial charge >= 0.3 is 0 Å². The quantitative estimate of drug-likeness (QED) is 0.584. The second kappa shape index (κ2) is 8.70. The molecule has 0 heterocycles. The van der Waals surface area contributed by atoms with Crippen LogP contribution in [-0.4, -0.2) is 14.3 Å². The van der Waals surface area contributed by atoms with Crippen LogP contribution in [0.5, 0.6) is 0 Å². The van der Waals surface area contributed by atoms with E-state index in [1.165, 1.54) is 42.5 Å². The summed E-state index contributed by atoms with van der Waals surface area (Å²) in [5.41, 5.74) is 2.46. The van der Waals surface area contributed by atoms with Crippen molar-refractivity contribution < 1.29 is 17.6 Å². The lowest BCUT2D eigenvalue weighted by Crippen LogP contribution is -2.14. The lowest BCUT2D eigenvalue weighted by Gasteiger charge is -2.11. The Morgan fingerprint density at radius 2 is 1.59 bits per heavy atom. The predicted octanol–water partition coefficient (Wildman–Crippen LogP) is 4.59. The highest BCUT2D eigenvalue weighted by atomic mass is 32.2. The predicted molar refractivity (Wildman–Crippen MR) is 112 cm³/mol. The number of sulfonamides is 1. The summed E-state index contributed by atoms with van der Waals surface area (Å²) in [7, 11) is -3.74. The zero-order valence-corrected chi connectivity index (χ0v) is 16.4.